The van der Waals surface area contributed by atoms with Gasteiger partial charge in [0.1, 0.15) is 0 Å². The molecular formula is C21H25N5O5S. The lowest BCUT2D eigenvalue weighted by Gasteiger charge is -2.37. The maximum atomic E-state index is 12.4. The fourth-order valence-electron chi connectivity index (χ4n) is 4.12. The highest BCUT2D eigenvalue weighted by atomic mass is 32.1. The Balaban J connectivity index is 1.75. The van der Waals surface area contributed by atoms with E-state index in [1.165, 1.54) is 28.0 Å². The molecule has 0 radical (unpaired) electrons. The highest BCUT2D eigenvalue weighted by molar-refractivity contribution is 7.17. The number of aryl methyl sites for hydroxylation is 1. The van der Waals surface area contributed by atoms with Crippen LogP contribution < -0.4 is 0 Å². The number of aromatic nitrogens is 3. The van der Waals surface area contributed by atoms with Gasteiger partial charge in [-0.25, -0.2) is 4.98 Å². The molecule has 1 fully saturated rings. The molecule has 170 valence electrons. The van der Waals surface area contributed by atoms with Gasteiger partial charge in [-0.05, 0) is 31.9 Å². The van der Waals surface area contributed by atoms with Gasteiger partial charge in [0.2, 0.25) is 10.8 Å². The lowest BCUT2D eigenvalue weighted by Crippen LogP contribution is -2.41. The Kier molecular flexibility index (Phi) is 6.38. The largest absolute Gasteiger partial charge is 0.492 e. The van der Waals surface area contributed by atoms with Crippen LogP contribution in [0.25, 0.3) is 4.96 Å². The number of hydrogen-bond acceptors (Lipinski definition) is 9. The van der Waals surface area contributed by atoms with Crippen LogP contribution in [0.3, 0.4) is 0 Å². The van der Waals surface area contributed by atoms with Crippen molar-refractivity contribution in [1.29, 1.82) is 0 Å². The van der Waals surface area contributed by atoms with Crippen molar-refractivity contribution < 1.29 is 19.6 Å². The van der Waals surface area contributed by atoms with E-state index in [4.69, 9.17) is 4.74 Å². The standard InChI is InChI=1S/C21H25N5O5S/c1-3-16-22-21-25(23-16)19(27)18(32-21)17(13-7-9-15(10-8-13)26(29)30)24-11-5-6-14(12-24)20(28)31-4-2/h7-10,14,17,27H,3-6,11-12H2,1-2H3/t14-,17-/m0/s1. The highest BCUT2D eigenvalue weighted by Crippen LogP contribution is 2.41. The summed E-state index contributed by atoms with van der Waals surface area (Å²) in [4.78, 5) is 30.9. The number of non-ortho nitro benzene ring substituents is 1. The number of hydrogen-bond donors (Lipinski definition) is 1. The zero-order valence-corrected chi connectivity index (χ0v) is 18.7. The molecule has 10 nitrogen and oxygen atoms in total. The topological polar surface area (TPSA) is 123 Å². The first kappa shape index (κ1) is 22.2. The van der Waals surface area contributed by atoms with Gasteiger partial charge in [-0.2, -0.15) is 4.52 Å². The van der Waals surface area contributed by atoms with E-state index in [0.717, 1.165) is 18.4 Å². The second-order valence-electron chi connectivity index (χ2n) is 7.70. The minimum Gasteiger partial charge on any atom is -0.492 e. The monoisotopic (exact) mass is 459 g/mol. The molecular weight excluding hydrogens is 434 g/mol. The summed E-state index contributed by atoms with van der Waals surface area (Å²) in [6.45, 7) is 5.24. The number of ether oxygens (including phenoxy) is 1. The number of aromatic hydroxyl groups is 1. The van der Waals surface area contributed by atoms with E-state index in [2.05, 4.69) is 15.0 Å². The molecule has 0 spiro atoms. The summed E-state index contributed by atoms with van der Waals surface area (Å²) in [5.74, 6) is 0.156. The van der Waals surface area contributed by atoms with Crippen molar-refractivity contribution in [3.8, 4) is 5.88 Å². The van der Waals surface area contributed by atoms with Crippen molar-refractivity contribution in [2.75, 3.05) is 19.7 Å². The first-order valence-electron chi connectivity index (χ1n) is 10.6. The van der Waals surface area contributed by atoms with Crippen molar-refractivity contribution >= 4 is 28.0 Å². The van der Waals surface area contributed by atoms with E-state index >= 15 is 0 Å². The summed E-state index contributed by atoms with van der Waals surface area (Å²) in [7, 11) is 0. The third-order valence-electron chi connectivity index (χ3n) is 5.67. The number of carbonyl (C=O) groups excluding carboxylic acids is 1. The Labute approximate surface area is 188 Å². The molecule has 1 saturated heterocycles. The molecule has 0 bridgehead atoms. The van der Waals surface area contributed by atoms with Crippen molar-refractivity contribution in [2.45, 2.75) is 39.2 Å². The Morgan fingerprint density at radius 3 is 2.75 bits per heavy atom. The molecule has 1 aliphatic rings. The molecule has 3 aromatic rings. The molecule has 0 aliphatic carbocycles. The minimum absolute atomic E-state index is 0.00110. The van der Waals surface area contributed by atoms with Crippen LogP contribution in [-0.2, 0) is 16.0 Å². The van der Waals surface area contributed by atoms with E-state index in [1.807, 2.05) is 6.92 Å². The quantitative estimate of drug-likeness (QED) is 0.324. The van der Waals surface area contributed by atoms with Gasteiger partial charge >= 0.3 is 5.97 Å². The van der Waals surface area contributed by atoms with Crippen LogP contribution in [0, 0.1) is 16.0 Å². The fourth-order valence-corrected chi connectivity index (χ4v) is 5.25. The van der Waals surface area contributed by atoms with Gasteiger partial charge in [0.15, 0.2) is 5.82 Å². The Hall–Kier alpha value is -3.05. The van der Waals surface area contributed by atoms with Crippen LogP contribution in [0.5, 0.6) is 5.88 Å². The number of likely N-dealkylation sites (tertiary alicyclic amines) is 1. The number of rotatable bonds is 7. The maximum Gasteiger partial charge on any atom is 0.310 e. The van der Waals surface area contributed by atoms with E-state index < -0.39 is 11.0 Å². The Bertz CT molecular complexity index is 1130. The average Bonchev–Trinajstić information content (AvgIpc) is 3.34. The zero-order valence-electron chi connectivity index (χ0n) is 17.9. The van der Waals surface area contributed by atoms with Crippen molar-refractivity contribution in [3.05, 3.63) is 50.6 Å². The van der Waals surface area contributed by atoms with E-state index in [-0.39, 0.29) is 23.5 Å². The smallest absolute Gasteiger partial charge is 0.310 e. The normalized spacial score (nSPS) is 18.0. The molecule has 2 aromatic heterocycles. The number of esters is 1. The number of piperidine rings is 1. The zero-order chi connectivity index (χ0) is 22.8. The number of nitro groups is 1. The van der Waals surface area contributed by atoms with Crippen LogP contribution in [0.1, 0.15) is 49.0 Å². The van der Waals surface area contributed by atoms with Crippen LogP contribution in [0.2, 0.25) is 0 Å². The van der Waals surface area contributed by atoms with Crippen molar-refractivity contribution in [3.63, 3.8) is 0 Å². The van der Waals surface area contributed by atoms with Gasteiger partial charge in [0, 0.05) is 25.1 Å². The number of thiazole rings is 1. The van der Waals surface area contributed by atoms with Gasteiger partial charge < -0.3 is 9.84 Å². The molecule has 2 atom stereocenters. The van der Waals surface area contributed by atoms with Gasteiger partial charge in [-0.15, -0.1) is 5.10 Å². The first-order valence-corrected chi connectivity index (χ1v) is 11.5. The minimum atomic E-state index is -0.441. The number of fused-ring (bicyclic) bond motifs is 1. The summed E-state index contributed by atoms with van der Waals surface area (Å²) < 4.78 is 6.67. The van der Waals surface area contributed by atoms with Crippen LogP contribution in [-0.4, -0.2) is 55.2 Å². The Morgan fingerprint density at radius 1 is 1.38 bits per heavy atom. The average molecular weight is 460 g/mol. The van der Waals surface area contributed by atoms with Crippen LogP contribution in [0.4, 0.5) is 5.69 Å². The molecule has 1 aliphatic heterocycles. The highest BCUT2D eigenvalue weighted by Gasteiger charge is 2.35. The van der Waals surface area contributed by atoms with Crippen molar-refractivity contribution in [1.82, 2.24) is 19.5 Å². The second kappa shape index (κ2) is 9.21. The molecule has 0 amide bonds. The predicted molar refractivity (Wildman–Crippen MR) is 118 cm³/mol. The van der Waals surface area contributed by atoms with E-state index in [1.54, 1.807) is 19.1 Å². The van der Waals surface area contributed by atoms with Gasteiger partial charge in [0.25, 0.3) is 5.69 Å². The summed E-state index contributed by atoms with van der Waals surface area (Å²) in [6.07, 6.45) is 2.19. The third-order valence-corrected chi connectivity index (χ3v) is 6.74. The first-order chi connectivity index (χ1) is 15.4. The van der Waals surface area contributed by atoms with Crippen LogP contribution >= 0.6 is 11.3 Å². The summed E-state index contributed by atoms with van der Waals surface area (Å²) in [5, 5.41) is 26.5. The molecule has 1 N–H and O–H groups in total. The van der Waals surface area contributed by atoms with Gasteiger partial charge in [0.05, 0.1) is 28.4 Å². The van der Waals surface area contributed by atoms with Crippen LogP contribution in [0.15, 0.2) is 24.3 Å². The Morgan fingerprint density at radius 2 is 2.12 bits per heavy atom. The molecule has 32 heavy (non-hydrogen) atoms. The number of benzene rings is 1. The SMILES string of the molecule is CCOC(=O)[C@H]1CCCN([C@@H](c2ccc([N+](=O)[O-])cc2)c2sc3nc(CC)nn3c2O)C1. The summed E-state index contributed by atoms with van der Waals surface area (Å²) >= 11 is 1.33. The second-order valence-corrected chi connectivity index (χ2v) is 8.71. The molecule has 0 saturated carbocycles. The molecule has 4 rings (SSSR count). The van der Waals surface area contributed by atoms with Gasteiger partial charge in [-0.3, -0.25) is 19.8 Å². The fraction of sp³-hybridized carbons (Fsp3) is 0.476. The van der Waals surface area contributed by atoms with E-state index in [0.29, 0.717) is 41.8 Å². The van der Waals surface area contributed by atoms with E-state index in [9.17, 15) is 20.0 Å². The number of carbonyl (C=O) groups is 1. The molecule has 1 aromatic carbocycles. The van der Waals surface area contributed by atoms with Crippen molar-refractivity contribution in [2.24, 2.45) is 5.92 Å². The molecule has 3 heterocycles. The number of nitro benzene ring substituents is 1. The summed E-state index contributed by atoms with van der Waals surface area (Å²) in [5.41, 5.74) is 0.783. The lowest BCUT2D eigenvalue weighted by molar-refractivity contribution is -0.384. The lowest BCUT2D eigenvalue weighted by atomic mass is 9.94. The maximum absolute atomic E-state index is 12.4. The third kappa shape index (κ3) is 4.17. The molecule has 11 heteroatoms. The van der Waals surface area contributed by atoms with Gasteiger partial charge in [-0.1, -0.05) is 30.4 Å². The number of nitrogens with zero attached hydrogens (tertiary/aromatic N) is 5. The molecule has 0 unspecified atom stereocenters. The predicted octanol–water partition coefficient (Wildman–Crippen LogP) is 3.33. The summed E-state index contributed by atoms with van der Waals surface area (Å²) in [6, 6.07) is 5.91.